The fourth-order valence-corrected chi connectivity index (χ4v) is 5.26. The molecule has 2 aliphatic carbocycles. The van der Waals surface area contributed by atoms with Crippen LogP contribution in [0.2, 0.25) is 6.55 Å². The summed E-state index contributed by atoms with van der Waals surface area (Å²) in [7, 11) is -2.02. The third-order valence-corrected chi connectivity index (χ3v) is 6.85. The second kappa shape index (κ2) is 4.95. The highest BCUT2D eigenvalue weighted by Crippen LogP contribution is 2.32. The van der Waals surface area contributed by atoms with Gasteiger partial charge in [-0.05, 0) is 29.8 Å². The third-order valence-electron chi connectivity index (χ3n) is 3.13. The predicted octanol–water partition coefficient (Wildman–Crippen LogP) is 2.42. The van der Waals surface area contributed by atoms with Gasteiger partial charge in [0.2, 0.25) is 0 Å². The van der Waals surface area contributed by atoms with Gasteiger partial charge in [0, 0.05) is 0 Å². The Balaban J connectivity index is 2.24. The SMILES string of the molecule is C[Si](OCCO)(C1=CCC=C1)C1=CCC=C1. The van der Waals surface area contributed by atoms with Crippen molar-refractivity contribution in [2.24, 2.45) is 0 Å². The molecule has 2 nitrogen and oxygen atoms in total. The molecule has 0 heterocycles. The van der Waals surface area contributed by atoms with Gasteiger partial charge in [0.1, 0.15) is 0 Å². The highest BCUT2D eigenvalue weighted by atomic mass is 28.4. The monoisotopic (exact) mass is 234 g/mol. The first kappa shape index (κ1) is 11.6. The van der Waals surface area contributed by atoms with Crippen molar-refractivity contribution in [1.29, 1.82) is 0 Å². The summed E-state index contributed by atoms with van der Waals surface area (Å²) in [6.07, 6.45) is 15.2. The summed E-state index contributed by atoms with van der Waals surface area (Å²) in [5, 5.41) is 11.6. The van der Waals surface area contributed by atoms with Crippen molar-refractivity contribution < 1.29 is 9.53 Å². The van der Waals surface area contributed by atoms with E-state index in [1.807, 2.05) is 0 Å². The van der Waals surface area contributed by atoms with Gasteiger partial charge >= 0.3 is 0 Å². The summed E-state index contributed by atoms with van der Waals surface area (Å²) >= 11 is 0. The maximum Gasteiger partial charge on any atom is 0.252 e. The fourth-order valence-electron chi connectivity index (χ4n) is 2.21. The average Bonchev–Trinajstić information content (AvgIpc) is 2.96. The van der Waals surface area contributed by atoms with E-state index in [2.05, 4.69) is 43.0 Å². The van der Waals surface area contributed by atoms with Gasteiger partial charge in [-0.15, -0.1) is 0 Å². The molecule has 0 saturated heterocycles. The van der Waals surface area contributed by atoms with E-state index in [-0.39, 0.29) is 6.61 Å². The topological polar surface area (TPSA) is 29.5 Å². The van der Waals surface area contributed by atoms with Gasteiger partial charge < -0.3 is 9.53 Å². The molecule has 1 N–H and O–H groups in total. The molecule has 2 aliphatic rings. The Kier molecular flexibility index (Phi) is 3.58. The minimum atomic E-state index is -2.02. The zero-order valence-electron chi connectivity index (χ0n) is 9.65. The van der Waals surface area contributed by atoms with Crippen molar-refractivity contribution in [3.05, 3.63) is 46.8 Å². The molecule has 16 heavy (non-hydrogen) atoms. The second-order valence-electron chi connectivity index (χ2n) is 4.20. The maximum absolute atomic E-state index is 8.94. The predicted molar refractivity (Wildman–Crippen MR) is 68.3 cm³/mol. The number of hydrogen-bond acceptors (Lipinski definition) is 2. The van der Waals surface area contributed by atoms with Crippen molar-refractivity contribution >= 4 is 8.32 Å². The standard InChI is InChI=1S/C13H18O2Si/c1-16(15-11-10-14,12-6-2-3-7-12)13-8-4-5-9-13/h2,4,6-9,14H,3,5,10-11H2,1H3. The molecule has 0 saturated carbocycles. The molecule has 86 valence electrons. The highest BCUT2D eigenvalue weighted by molar-refractivity contribution is 6.87. The minimum Gasteiger partial charge on any atom is -0.406 e. The van der Waals surface area contributed by atoms with Crippen LogP contribution in [0.3, 0.4) is 0 Å². The van der Waals surface area contributed by atoms with E-state index in [0.717, 1.165) is 12.8 Å². The first-order valence-corrected chi connectivity index (χ1v) is 8.17. The van der Waals surface area contributed by atoms with Crippen LogP contribution in [0.15, 0.2) is 46.8 Å². The number of rotatable bonds is 5. The molecular weight excluding hydrogens is 216 g/mol. The Hall–Kier alpha value is -0.903. The lowest BCUT2D eigenvalue weighted by molar-refractivity contribution is 0.198. The summed E-state index contributed by atoms with van der Waals surface area (Å²) in [4.78, 5) is 0. The summed E-state index contributed by atoms with van der Waals surface area (Å²) < 4.78 is 6.00. The lowest BCUT2D eigenvalue weighted by Crippen LogP contribution is -2.39. The quantitative estimate of drug-likeness (QED) is 0.740. The van der Waals surface area contributed by atoms with Crippen molar-refractivity contribution in [2.45, 2.75) is 19.4 Å². The average molecular weight is 234 g/mol. The zero-order valence-corrected chi connectivity index (χ0v) is 10.6. The molecule has 0 amide bonds. The van der Waals surface area contributed by atoms with E-state index >= 15 is 0 Å². The molecule has 0 aromatic heterocycles. The summed E-state index contributed by atoms with van der Waals surface area (Å²) in [6, 6.07) is 0. The number of allylic oxidation sites excluding steroid dienone is 8. The van der Waals surface area contributed by atoms with E-state index in [9.17, 15) is 0 Å². The van der Waals surface area contributed by atoms with E-state index < -0.39 is 8.32 Å². The molecule has 0 fully saturated rings. The fraction of sp³-hybridized carbons (Fsp3) is 0.385. The van der Waals surface area contributed by atoms with Crippen molar-refractivity contribution in [3.63, 3.8) is 0 Å². The zero-order chi connectivity index (χ0) is 11.4. The molecule has 0 aromatic rings. The lowest BCUT2D eigenvalue weighted by atomic mass is 10.5. The number of aliphatic hydroxyl groups is 1. The van der Waals surface area contributed by atoms with Crippen LogP contribution in [0.4, 0.5) is 0 Å². The van der Waals surface area contributed by atoms with Crippen LogP contribution in [0.5, 0.6) is 0 Å². The Morgan fingerprint density at radius 3 is 2.12 bits per heavy atom. The molecule has 0 bridgehead atoms. The molecule has 2 rings (SSSR count). The Morgan fingerprint density at radius 2 is 1.75 bits per heavy atom. The van der Waals surface area contributed by atoms with Gasteiger partial charge in [0.25, 0.3) is 8.32 Å². The first-order valence-electron chi connectivity index (χ1n) is 5.76. The molecule has 0 radical (unpaired) electrons. The van der Waals surface area contributed by atoms with Crippen LogP contribution in [-0.2, 0) is 4.43 Å². The van der Waals surface area contributed by atoms with Crippen LogP contribution in [0.25, 0.3) is 0 Å². The van der Waals surface area contributed by atoms with Crippen molar-refractivity contribution in [1.82, 2.24) is 0 Å². The lowest BCUT2D eigenvalue weighted by Gasteiger charge is -2.28. The van der Waals surface area contributed by atoms with E-state index in [0.29, 0.717) is 6.61 Å². The molecule has 0 aromatic carbocycles. The number of hydrogen-bond donors (Lipinski definition) is 1. The highest BCUT2D eigenvalue weighted by Gasteiger charge is 2.37. The summed E-state index contributed by atoms with van der Waals surface area (Å²) in [5.41, 5.74) is 0. The molecule has 3 heteroatoms. The molecule has 0 aliphatic heterocycles. The smallest absolute Gasteiger partial charge is 0.252 e. The van der Waals surface area contributed by atoms with Gasteiger partial charge in [-0.25, -0.2) is 0 Å². The van der Waals surface area contributed by atoms with Gasteiger partial charge in [-0.2, -0.15) is 0 Å². The Labute approximate surface area is 97.8 Å². The molecule has 0 unspecified atom stereocenters. The third kappa shape index (κ3) is 2.12. The van der Waals surface area contributed by atoms with E-state index in [4.69, 9.17) is 9.53 Å². The van der Waals surface area contributed by atoms with E-state index in [1.165, 1.54) is 10.4 Å². The molecule has 0 spiro atoms. The Bertz CT molecular complexity index is 347. The summed E-state index contributed by atoms with van der Waals surface area (Å²) in [6.45, 7) is 2.74. The Morgan fingerprint density at radius 1 is 1.19 bits per heavy atom. The summed E-state index contributed by atoms with van der Waals surface area (Å²) in [5.74, 6) is 0. The normalized spacial score (nSPS) is 19.1. The van der Waals surface area contributed by atoms with Crippen LogP contribution in [-0.4, -0.2) is 26.6 Å². The molecule has 0 atom stereocenters. The van der Waals surface area contributed by atoms with Crippen molar-refractivity contribution in [3.8, 4) is 0 Å². The van der Waals surface area contributed by atoms with Gasteiger partial charge in [-0.1, -0.05) is 36.5 Å². The van der Waals surface area contributed by atoms with Crippen LogP contribution >= 0.6 is 0 Å². The van der Waals surface area contributed by atoms with Crippen LogP contribution < -0.4 is 0 Å². The van der Waals surface area contributed by atoms with Gasteiger partial charge in [0.05, 0.1) is 13.2 Å². The first-order chi connectivity index (χ1) is 7.77. The maximum atomic E-state index is 8.94. The second-order valence-corrected chi connectivity index (χ2v) is 7.71. The number of aliphatic hydroxyl groups excluding tert-OH is 1. The largest absolute Gasteiger partial charge is 0.406 e. The molecular formula is C13H18O2Si. The van der Waals surface area contributed by atoms with Crippen molar-refractivity contribution in [2.75, 3.05) is 13.2 Å². The van der Waals surface area contributed by atoms with E-state index in [1.54, 1.807) is 0 Å². The van der Waals surface area contributed by atoms with Crippen LogP contribution in [0, 0.1) is 0 Å². The van der Waals surface area contributed by atoms with Gasteiger partial charge in [0.15, 0.2) is 0 Å². The van der Waals surface area contributed by atoms with Gasteiger partial charge in [-0.3, -0.25) is 0 Å². The minimum absolute atomic E-state index is 0.0938. The van der Waals surface area contributed by atoms with Crippen LogP contribution in [0.1, 0.15) is 12.8 Å².